The molecule has 22 heavy (non-hydrogen) atoms. The topological polar surface area (TPSA) is 68.0 Å². The lowest BCUT2D eigenvalue weighted by atomic mass is 9.88. The SMILES string of the molecule is CCCC1CCc2nc(NC(=O)C3CCC(N)C3)sc2C1.Cl. The van der Waals surface area contributed by atoms with E-state index in [1.807, 2.05) is 0 Å². The molecule has 0 saturated heterocycles. The fourth-order valence-corrected chi connectivity index (χ4v) is 4.74. The Kier molecular flexibility index (Phi) is 6.24. The number of anilines is 1. The summed E-state index contributed by atoms with van der Waals surface area (Å²) < 4.78 is 0. The van der Waals surface area contributed by atoms with E-state index in [2.05, 4.69) is 17.2 Å². The molecule has 1 heterocycles. The van der Waals surface area contributed by atoms with Gasteiger partial charge in [-0.15, -0.1) is 23.7 Å². The molecule has 0 aliphatic heterocycles. The highest BCUT2D eigenvalue weighted by Gasteiger charge is 2.29. The number of nitrogens with two attached hydrogens (primary N) is 1. The van der Waals surface area contributed by atoms with Crippen molar-refractivity contribution in [3.05, 3.63) is 10.6 Å². The standard InChI is InChI=1S/C16H25N3OS.ClH/c1-2-3-10-4-7-13-14(8-10)21-16(18-13)19-15(20)11-5-6-12(17)9-11;/h10-12H,2-9,17H2,1H3,(H,18,19,20);1H. The van der Waals surface area contributed by atoms with Crippen molar-refractivity contribution >= 4 is 34.8 Å². The smallest absolute Gasteiger partial charge is 0.229 e. The van der Waals surface area contributed by atoms with E-state index in [-0.39, 0.29) is 30.3 Å². The van der Waals surface area contributed by atoms with Gasteiger partial charge in [-0.1, -0.05) is 19.8 Å². The molecular weight excluding hydrogens is 318 g/mol. The van der Waals surface area contributed by atoms with Gasteiger partial charge in [0.05, 0.1) is 5.69 Å². The lowest BCUT2D eigenvalue weighted by Gasteiger charge is -2.19. The summed E-state index contributed by atoms with van der Waals surface area (Å²) in [5.41, 5.74) is 7.10. The molecule has 1 aromatic heterocycles. The normalized spacial score (nSPS) is 27.1. The number of carbonyl (C=O) groups is 1. The maximum atomic E-state index is 12.2. The molecule has 4 nitrogen and oxygen atoms in total. The number of rotatable bonds is 4. The molecule has 1 fully saturated rings. The zero-order valence-electron chi connectivity index (χ0n) is 13.1. The Morgan fingerprint density at radius 1 is 1.41 bits per heavy atom. The van der Waals surface area contributed by atoms with Gasteiger partial charge in [0, 0.05) is 16.8 Å². The summed E-state index contributed by atoms with van der Waals surface area (Å²) in [6, 6.07) is 0.194. The monoisotopic (exact) mass is 343 g/mol. The number of fused-ring (bicyclic) bond motifs is 1. The van der Waals surface area contributed by atoms with Crippen molar-refractivity contribution in [3.63, 3.8) is 0 Å². The summed E-state index contributed by atoms with van der Waals surface area (Å²) >= 11 is 1.68. The number of hydrogen-bond acceptors (Lipinski definition) is 4. The predicted octanol–water partition coefficient (Wildman–Crippen LogP) is 3.54. The van der Waals surface area contributed by atoms with Crippen LogP contribution in [0.15, 0.2) is 0 Å². The minimum absolute atomic E-state index is 0. The molecule has 6 heteroatoms. The van der Waals surface area contributed by atoms with Gasteiger partial charge in [0.25, 0.3) is 0 Å². The molecule has 0 spiro atoms. The van der Waals surface area contributed by atoms with E-state index in [0.29, 0.717) is 0 Å². The van der Waals surface area contributed by atoms with Gasteiger partial charge in [-0.25, -0.2) is 4.98 Å². The summed E-state index contributed by atoms with van der Waals surface area (Å²) in [7, 11) is 0. The van der Waals surface area contributed by atoms with E-state index in [4.69, 9.17) is 5.73 Å². The van der Waals surface area contributed by atoms with Crippen molar-refractivity contribution in [2.45, 2.75) is 64.3 Å². The van der Waals surface area contributed by atoms with Gasteiger partial charge < -0.3 is 11.1 Å². The Labute approximate surface area is 142 Å². The van der Waals surface area contributed by atoms with Gasteiger partial charge in [-0.2, -0.15) is 0 Å². The van der Waals surface area contributed by atoms with Crippen LogP contribution in [0.5, 0.6) is 0 Å². The zero-order chi connectivity index (χ0) is 14.8. The third kappa shape index (κ3) is 4.00. The van der Waals surface area contributed by atoms with Gasteiger partial charge in [0.2, 0.25) is 5.91 Å². The number of nitrogens with one attached hydrogen (secondary N) is 1. The average molecular weight is 344 g/mol. The molecule has 0 radical (unpaired) electrons. The molecule has 0 bridgehead atoms. The van der Waals surface area contributed by atoms with E-state index in [1.54, 1.807) is 11.3 Å². The molecule has 0 aromatic carbocycles. The molecule has 3 N–H and O–H groups in total. The predicted molar refractivity (Wildman–Crippen MR) is 93.7 cm³/mol. The molecular formula is C16H26ClN3OS. The van der Waals surface area contributed by atoms with E-state index in [9.17, 15) is 4.79 Å². The minimum atomic E-state index is 0. The van der Waals surface area contributed by atoms with E-state index >= 15 is 0 Å². The van der Waals surface area contributed by atoms with Crippen molar-refractivity contribution in [1.29, 1.82) is 0 Å². The highest BCUT2D eigenvalue weighted by atomic mass is 35.5. The summed E-state index contributed by atoms with van der Waals surface area (Å²) in [6.07, 6.45) is 8.71. The van der Waals surface area contributed by atoms with Crippen molar-refractivity contribution in [2.24, 2.45) is 17.6 Å². The first kappa shape index (κ1) is 17.7. The Balaban J connectivity index is 0.00000176. The maximum Gasteiger partial charge on any atom is 0.229 e. The van der Waals surface area contributed by atoms with Gasteiger partial charge in [-0.3, -0.25) is 4.79 Å². The summed E-state index contributed by atoms with van der Waals surface area (Å²) in [5.74, 6) is 0.993. The van der Waals surface area contributed by atoms with Crippen LogP contribution >= 0.6 is 23.7 Å². The van der Waals surface area contributed by atoms with Gasteiger partial charge >= 0.3 is 0 Å². The van der Waals surface area contributed by atoms with Crippen LogP contribution in [0.3, 0.4) is 0 Å². The quantitative estimate of drug-likeness (QED) is 0.878. The molecule has 3 unspecified atom stereocenters. The van der Waals surface area contributed by atoms with Crippen LogP contribution in [0.4, 0.5) is 5.13 Å². The Hall–Kier alpha value is -0.650. The fourth-order valence-electron chi connectivity index (χ4n) is 3.61. The summed E-state index contributed by atoms with van der Waals surface area (Å²) in [5, 5.41) is 3.82. The highest BCUT2D eigenvalue weighted by molar-refractivity contribution is 7.15. The van der Waals surface area contributed by atoms with E-state index in [0.717, 1.165) is 43.2 Å². The first-order valence-electron chi connectivity index (χ1n) is 8.20. The van der Waals surface area contributed by atoms with Gasteiger partial charge in [0.15, 0.2) is 5.13 Å². The highest BCUT2D eigenvalue weighted by Crippen LogP contribution is 2.34. The number of thiazole rings is 1. The zero-order valence-corrected chi connectivity index (χ0v) is 14.8. The van der Waals surface area contributed by atoms with Gasteiger partial charge in [-0.05, 0) is 44.4 Å². The molecule has 124 valence electrons. The molecule has 3 atom stereocenters. The van der Waals surface area contributed by atoms with Crippen LogP contribution in [0.2, 0.25) is 0 Å². The van der Waals surface area contributed by atoms with Crippen LogP contribution in [0.1, 0.15) is 56.0 Å². The van der Waals surface area contributed by atoms with Crippen LogP contribution in [0, 0.1) is 11.8 Å². The third-order valence-electron chi connectivity index (χ3n) is 4.81. The van der Waals surface area contributed by atoms with Crippen LogP contribution in [-0.4, -0.2) is 16.9 Å². The maximum absolute atomic E-state index is 12.2. The number of halogens is 1. The first-order valence-corrected chi connectivity index (χ1v) is 9.02. The molecule has 2 aliphatic carbocycles. The number of aromatic nitrogens is 1. The average Bonchev–Trinajstić information content (AvgIpc) is 3.04. The van der Waals surface area contributed by atoms with Gasteiger partial charge in [0.1, 0.15) is 0 Å². The Bertz CT molecular complexity index is 519. The van der Waals surface area contributed by atoms with Crippen LogP contribution in [-0.2, 0) is 17.6 Å². The van der Waals surface area contributed by atoms with Crippen molar-refractivity contribution in [1.82, 2.24) is 4.98 Å². The molecule has 2 aliphatic rings. The minimum Gasteiger partial charge on any atom is -0.328 e. The number of aryl methyl sites for hydroxylation is 1. The second kappa shape index (κ2) is 7.75. The first-order chi connectivity index (χ1) is 10.2. The van der Waals surface area contributed by atoms with Crippen molar-refractivity contribution < 1.29 is 4.79 Å². The molecule has 1 aromatic rings. The molecule has 1 saturated carbocycles. The number of hydrogen-bond donors (Lipinski definition) is 2. The lowest BCUT2D eigenvalue weighted by Crippen LogP contribution is -2.23. The summed E-state index contributed by atoms with van der Waals surface area (Å²) in [4.78, 5) is 18.3. The molecule has 3 rings (SSSR count). The van der Waals surface area contributed by atoms with E-state index < -0.39 is 0 Å². The van der Waals surface area contributed by atoms with Crippen molar-refractivity contribution in [3.8, 4) is 0 Å². The lowest BCUT2D eigenvalue weighted by molar-refractivity contribution is -0.119. The third-order valence-corrected chi connectivity index (χ3v) is 5.85. The number of carbonyl (C=O) groups excluding carboxylic acids is 1. The summed E-state index contributed by atoms with van der Waals surface area (Å²) in [6.45, 7) is 2.25. The number of amides is 1. The number of nitrogens with zero attached hydrogens (tertiary/aromatic N) is 1. The Morgan fingerprint density at radius 2 is 2.23 bits per heavy atom. The van der Waals surface area contributed by atoms with Crippen LogP contribution < -0.4 is 11.1 Å². The Morgan fingerprint density at radius 3 is 2.91 bits per heavy atom. The largest absolute Gasteiger partial charge is 0.328 e. The fraction of sp³-hybridized carbons (Fsp3) is 0.750. The second-order valence-electron chi connectivity index (χ2n) is 6.55. The second-order valence-corrected chi connectivity index (χ2v) is 7.63. The van der Waals surface area contributed by atoms with Crippen molar-refractivity contribution in [2.75, 3.05) is 5.32 Å². The van der Waals surface area contributed by atoms with E-state index in [1.165, 1.54) is 29.8 Å². The van der Waals surface area contributed by atoms with Crippen LogP contribution in [0.25, 0.3) is 0 Å². The molecule has 1 amide bonds.